The molecule has 1 aromatic heterocycles. The van der Waals surface area contributed by atoms with Crippen molar-refractivity contribution in [2.75, 3.05) is 11.4 Å². The Bertz CT molecular complexity index is 383. The third-order valence-electron chi connectivity index (χ3n) is 3.84. The molecule has 2 rings (SSSR count). The molecule has 1 saturated heterocycles. The summed E-state index contributed by atoms with van der Waals surface area (Å²) in [6.07, 6.45) is 5.23. The third kappa shape index (κ3) is 2.32. The molecule has 2 heterocycles. The highest BCUT2D eigenvalue weighted by Gasteiger charge is 2.23. The molecule has 17 heavy (non-hydrogen) atoms. The Labute approximate surface area is 104 Å². The number of rotatable bonds is 2. The van der Waals surface area contributed by atoms with E-state index < -0.39 is 0 Å². The number of aryl methyl sites for hydroxylation is 2. The summed E-state index contributed by atoms with van der Waals surface area (Å²) in [7, 11) is 2.03. The van der Waals surface area contributed by atoms with Crippen molar-refractivity contribution in [3.05, 3.63) is 11.3 Å². The molecule has 1 aliphatic rings. The van der Waals surface area contributed by atoms with Gasteiger partial charge in [-0.2, -0.15) is 5.10 Å². The second kappa shape index (κ2) is 5.08. The summed E-state index contributed by atoms with van der Waals surface area (Å²) in [5.74, 6) is 1.24. The zero-order chi connectivity index (χ0) is 12.4. The first-order valence-electron chi connectivity index (χ1n) is 6.64. The maximum Gasteiger partial charge on any atom is 0.131 e. The summed E-state index contributed by atoms with van der Waals surface area (Å²) in [6, 6.07) is 0.595. The Morgan fingerprint density at radius 2 is 2.12 bits per heavy atom. The predicted molar refractivity (Wildman–Crippen MR) is 71.1 cm³/mol. The zero-order valence-electron chi connectivity index (χ0n) is 11.2. The van der Waals surface area contributed by atoms with Gasteiger partial charge in [0, 0.05) is 31.7 Å². The highest BCUT2D eigenvalue weighted by Crippen LogP contribution is 2.28. The van der Waals surface area contributed by atoms with E-state index in [-0.39, 0.29) is 0 Å². The van der Waals surface area contributed by atoms with Crippen molar-refractivity contribution in [2.45, 2.75) is 52.1 Å². The van der Waals surface area contributed by atoms with E-state index in [0.29, 0.717) is 12.6 Å². The van der Waals surface area contributed by atoms with E-state index in [0.717, 1.165) is 12.2 Å². The van der Waals surface area contributed by atoms with Crippen LogP contribution in [0.2, 0.25) is 0 Å². The third-order valence-corrected chi connectivity index (χ3v) is 3.84. The Morgan fingerprint density at radius 3 is 2.82 bits per heavy atom. The van der Waals surface area contributed by atoms with Gasteiger partial charge in [0.2, 0.25) is 0 Å². The minimum atomic E-state index is 0.582. The molecule has 4 heteroatoms. The van der Waals surface area contributed by atoms with Gasteiger partial charge < -0.3 is 10.6 Å². The maximum atomic E-state index is 5.88. The van der Waals surface area contributed by atoms with Crippen molar-refractivity contribution in [3.8, 4) is 0 Å². The molecule has 1 aromatic rings. The Hall–Kier alpha value is -1.03. The second-order valence-corrected chi connectivity index (χ2v) is 5.11. The van der Waals surface area contributed by atoms with E-state index in [2.05, 4.69) is 16.9 Å². The van der Waals surface area contributed by atoms with Crippen LogP contribution in [0.5, 0.6) is 0 Å². The summed E-state index contributed by atoms with van der Waals surface area (Å²) in [4.78, 5) is 2.50. The average Bonchev–Trinajstić information content (AvgIpc) is 2.46. The molecule has 2 N–H and O–H groups in total. The van der Waals surface area contributed by atoms with Gasteiger partial charge in [0.15, 0.2) is 0 Å². The standard InChI is InChI=1S/C13H24N4/c1-10-7-5-4-6-8-17(10)13-12(9-14)11(2)15-16(13)3/h10H,4-9,14H2,1-3H3. The zero-order valence-corrected chi connectivity index (χ0v) is 11.2. The van der Waals surface area contributed by atoms with Crippen molar-refractivity contribution in [2.24, 2.45) is 12.8 Å². The van der Waals surface area contributed by atoms with Gasteiger partial charge in [0.1, 0.15) is 5.82 Å². The molecule has 0 saturated carbocycles. The quantitative estimate of drug-likeness (QED) is 0.854. The smallest absolute Gasteiger partial charge is 0.131 e. The molecule has 0 bridgehead atoms. The van der Waals surface area contributed by atoms with E-state index in [1.807, 2.05) is 18.7 Å². The molecule has 0 amide bonds. The van der Waals surface area contributed by atoms with Crippen LogP contribution in [0.1, 0.15) is 43.9 Å². The van der Waals surface area contributed by atoms with E-state index in [1.54, 1.807) is 0 Å². The van der Waals surface area contributed by atoms with Gasteiger partial charge in [-0.15, -0.1) is 0 Å². The van der Waals surface area contributed by atoms with Gasteiger partial charge in [-0.3, -0.25) is 4.68 Å². The minimum Gasteiger partial charge on any atom is -0.354 e. The number of hydrogen-bond acceptors (Lipinski definition) is 3. The first-order chi connectivity index (χ1) is 8.15. The molecule has 4 nitrogen and oxygen atoms in total. The Kier molecular flexibility index (Phi) is 3.72. The van der Waals surface area contributed by atoms with Crippen LogP contribution in [0, 0.1) is 6.92 Å². The van der Waals surface area contributed by atoms with Crippen LogP contribution < -0.4 is 10.6 Å². The molecule has 0 radical (unpaired) electrons. The van der Waals surface area contributed by atoms with Gasteiger partial charge >= 0.3 is 0 Å². The number of hydrogen-bond donors (Lipinski definition) is 1. The van der Waals surface area contributed by atoms with Crippen LogP contribution in [0.15, 0.2) is 0 Å². The number of nitrogens with two attached hydrogens (primary N) is 1. The molecule has 0 aliphatic carbocycles. The van der Waals surface area contributed by atoms with Crippen LogP contribution in [-0.2, 0) is 13.6 Å². The fourth-order valence-corrected chi connectivity index (χ4v) is 2.88. The minimum absolute atomic E-state index is 0.582. The van der Waals surface area contributed by atoms with E-state index in [9.17, 15) is 0 Å². The van der Waals surface area contributed by atoms with Gasteiger partial charge in [-0.1, -0.05) is 12.8 Å². The van der Waals surface area contributed by atoms with Crippen LogP contribution in [0.3, 0.4) is 0 Å². The lowest BCUT2D eigenvalue weighted by Gasteiger charge is -2.30. The Morgan fingerprint density at radius 1 is 1.35 bits per heavy atom. The topological polar surface area (TPSA) is 47.1 Å². The molecule has 0 aromatic carbocycles. The molecule has 1 atom stereocenters. The molecular formula is C13H24N4. The highest BCUT2D eigenvalue weighted by molar-refractivity contribution is 5.51. The molecule has 1 fully saturated rings. The number of nitrogens with zero attached hydrogens (tertiary/aromatic N) is 3. The van der Waals surface area contributed by atoms with Crippen LogP contribution in [0.4, 0.5) is 5.82 Å². The first kappa shape index (κ1) is 12.4. The summed E-state index contributed by atoms with van der Waals surface area (Å²) >= 11 is 0. The summed E-state index contributed by atoms with van der Waals surface area (Å²) in [6.45, 7) is 6.08. The van der Waals surface area contributed by atoms with Crippen molar-refractivity contribution in [1.29, 1.82) is 0 Å². The summed E-state index contributed by atoms with van der Waals surface area (Å²) < 4.78 is 2.00. The van der Waals surface area contributed by atoms with Gasteiger partial charge in [-0.05, 0) is 26.7 Å². The molecule has 96 valence electrons. The number of anilines is 1. The van der Waals surface area contributed by atoms with Crippen LogP contribution in [0.25, 0.3) is 0 Å². The SMILES string of the molecule is Cc1nn(C)c(N2CCCCCC2C)c1CN. The van der Waals surface area contributed by atoms with E-state index >= 15 is 0 Å². The average molecular weight is 236 g/mol. The van der Waals surface area contributed by atoms with Gasteiger partial charge in [-0.25, -0.2) is 0 Å². The lowest BCUT2D eigenvalue weighted by atomic mass is 10.1. The first-order valence-corrected chi connectivity index (χ1v) is 6.64. The van der Waals surface area contributed by atoms with Crippen molar-refractivity contribution in [3.63, 3.8) is 0 Å². The molecule has 1 aliphatic heterocycles. The van der Waals surface area contributed by atoms with Crippen LogP contribution in [-0.4, -0.2) is 22.4 Å². The lowest BCUT2D eigenvalue weighted by molar-refractivity contribution is 0.592. The summed E-state index contributed by atoms with van der Waals surface area (Å²) in [5, 5.41) is 4.52. The van der Waals surface area contributed by atoms with E-state index in [1.165, 1.54) is 37.1 Å². The largest absolute Gasteiger partial charge is 0.354 e. The molecule has 0 spiro atoms. The van der Waals surface area contributed by atoms with Gasteiger partial charge in [0.25, 0.3) is 0 Å². The van der Waals surface area contributed by atoms with E-state index in [4.69, 9.17) is 5.73 Å². The second-order valence-electron chi connectivity index (χ2n) is 5.11. The predicted octanol–water partition coefficient (Wildman–Crippen LogP) is 1.96. The van der Waals surface area contributed by atoms with Gasteiger partial charge in [0.05, 0.1) is 5.69 Å². The fourth-order valence-electron chi connectivity index (χ4n) is 2.88. The highest BCUT2D eigenvalue weighted by atomic mass is 15.4. The van der Waals surface area contributed by atoms with Crippen LogP contribution >= 0.6 is 0 Å². The lowest BCUT2D eigenvalue weighted by Crippen LogP contribution is -2.35. The monoisotopic (exact) mass is 236 g/mol. The van der Waals surface area contributed by atoms with Crippen molar-refractivity contribution >= 4 is 5.82 Å². The maximum absolute atomic E-state index is 5.88. The molecular weight excluding hydrogens is 212 g/mol. The summed E-state index contributed by atoms with van der Waals surface area (Å²) in [5.41, 5.74) is 8.16. The Balaban J connectivity index is 2.36. The molecule has 1 unspecified atom stereocenters. The fraction of sp³-hybridized carbons (Fsp3) is 0.769. The van der Waals surface area contributed by atoms with Crippen molar-refractivity contribution < 1.29 is 0 Å². The normalized spacial score (nSPS) is 21.6. The number of aromatic nitrogens is 2. The van der Waals surface area contributed by atoms with Crippen molar-refractivity contribution in [1.82, 2.24) is 9.78 Å².